The molecule has 138 valence electrons. The molecule has 6 nitrogen and oxygen atoms in total. The lowest BCUT2D eigenvalue weighted by Crippen LogP contribution is -2.40. The van der Waals surface area contributed by atoms with Gasteiger partial charge in [0.25, 0.3) is 0 Å². The Morgan fingerprint density at radius 2 is 2.15 bits per heavy atom. The van der Waals surface area contributed by atoms with Gasteiger partial charge in [-0.25, -0.2) is 0 Å². The molecule has 4 rings (SSSR count). The third-order valence-electron chi connectivity index (χ3n) is 5.64. The van der Waals surface area contributed by atoms with Crippen LogP contribution in [0.5, 0.6) is 0 Å². The summed E-state index contributed by atoms with van der Waals surface area (Å²) in [6.07, 6.45) is 4.99. The number of benzene rings is 1. The van der Waals surface area contributed by atoms with Crippen molar-refractivity contribution >= 4 is 5.91 Å². The van der Waals surface area contributed by atoms with Crippen LogP contribution < -0.4 is 10.6 Å². The fourth-order valence-corrected chi connectivity index (χ4v) is 4.15. The Bertz CT molecular complexity index is 771. The summed E-state index contributed by atoms with van der Waals surface area (Å²) in [5, 5.41) is 10.8. The molecule has 2 atom stereocenters. The van der Waals surface area contributed by atoms with Crippen molar-refractivity contribution in [2.24, 2.45) is 13.0 Å². The Balaban J connectivity index is 1.28. The highest BCUT2D eigenvalue weighted by Gasteiger charge is 2.34. The summed E-state index contributed by atoms with van der Waals surface area (Å²) in [4.78, 5) is 15.1. The smallest absolute Gasteiger partial charge is 0.225 e. The normalized spacial score (nSPS) is 23.0. The standard InChI is InChI=1S/C20H27N5O/c1-24-13-17(10-23-24)18-11-21-12-19(18)20(26)22-7-9-25-8-6-15-4-2-3-5-16(15)14-25/h2-5,10,13,18-19,21H,6-9,11-12,14H2,1H3,(H,22,26)/t18-,19+/m1/s1. The molecule has 2 N–H and O–H groups in total. The summed E-state index contributed by atoms with van der Waals surface area (Å²) in [6.45, 7) is 5.23. The molecule has 0 unspecified atom stereocenters. The Kier molecular flexibility index (Phi) is 5.04. The molecule has 1 saturated heterocycles. The van der Waals surface area contributed by atoms with Crippen molar-refractivity contribution in [1.29, 1.82) is 0 Å². The molecule has 0 aliphatic carbocycles. The molecule has 1 aromatic heterocycles. The maximum atomic E-state index is 12.7. The van der Waals surface area contributed by atoms with Gasteiger partial charge in [0, 0.05) is 58.4 Å². The van der Waals surface area contributed by atoms with Crippen LogP contribution in [0.1, 0.15) is 22.6 Å². The van der Waals surface area contributed by atoms with Crippen molar-refractivity contribution in [3.63, 3.8) is 0 Å². The molecule has 3 heterocycles. The number of aromatic nitrogens is 2. The van der Waals surface area contributed by atoms with E-state index in [1.54, 1.807) is 4.68 Å². The Labute approximate surface area is 154 Å². The van der Waals surface area contributed by atoms with Crippen molar-refractivity contribution in [1.82, 2.24) is 25.3 Å². The maximum Gasteiger partial charge on any atom is 0.225 e. The number of nitrogens with one attached hydrogen (secondary N) is 2. The number of hydrogen-bond donors (Lipinski definition) is 2. The minimum atomic E-state index is -0.0127. The minimum Gasteiger partial charge on any atom is -0.355 e. The maximum absolute atomic E-state index is 12.7. The van der Waals surface area contributed by atoms with E-state index < -0.39 is 0 Å². The minimum absolute atomic E-state index is 0.0127. The molecular formula is C20H27N5O. The molecular weight excluding hydrogens is 326 g/mol. The Morgan fingerprint density at radius 1 is 1.31 bits per heavy atom. The van der Waals surface area contributed by atoms with E-state index in [2.05, 4.69) is 44.9 Å². The molecule has 2 aliphatic rings. The van der Waals surface area contributed by atoms with Crippen molar-refractivity contribution < 1.29 is 4.79 Å². The first-order chi connectivity index (χ1) is 12.7. The Morgan fingerprint density at radius 3 is 2.96 bits per heavy atom. The van der Waals surface area contributed by atoms with Crippen LogP contribution >= 0.6 is 0 Å². The van der Waals surface area contributed by atoms with Gasteiger partial charge in [-0.05, 0) is 23.1 Å². The number of rotatable bonds is 5. The second kappa shape index (κ2) is 7.60. The number of carbonyl (C=O) groups is 1. The van der Waals surface area contributed by atoms with Gasteiger partial charge < -0.3 is 10.6 Å². The number of hydrogen-bond acceptors (Lipinski definition) is 4. The zero-order valence-electron chi connectivity index (χ0n) is 15.3. The van der Waals surface area contributed by atoms with Gasteiger partial charge >= 0.3 is 0 Å². The first kappa shape index (κ1) is 17.2. The Hall–Kier alpha value is -2.18. The first-order valence-corrected chi connectivity index (χ1v) is 9.47. The van der Waals surface area contributed by atoms with E-state index in [-0.39, 0.29) is 17.7 Å². The predicted octanol–water partition coefficient (Wildman–Crippen LogP) is 0.898. The second-order valence-corrected chi connectivity index (χ2v) is 7.40. The highest BCUT2D eigenvalue weighted by atomic mass is 16.1. The molecule has 0 saturated carbocycles. The summed E-state index contributed by atoms with van der Waals surface area (Å²) < 4.78 is 1.80. The van der Waals surface area contributed by atoms with Gasteiger partial charge in [-0.15, -0.1) is 0 Å². The van der Waals surface area contributed by atoms with E-state index >= 15 is 0 Å². The van der Waals surface area contributed by atoms with Gasteiger partial charge in [0.15, 0.2) is 0 Å². The molecule has 2 aromatic rings. The zero-order chi connectivity index (χ0) is 17.9. The van der Waals surface area contributed by atoms with E-state index in [9.17, 15) is 4.79 Å². The fraction of sp³-hybridized carbons (Fsp3) is 0.500. The van der Waals surface area contributed by atoms with Crippen LogP contribution in [0.15, 0.2) is 36.7 Å². The van der Waals surface area contributed by atoms with E-state index in [0.717, 1.165) is 44.7 Å². The van der Waals surface area contributed by atoms with E-state index in [4.69, 9.17) is 0 Å². The topological polar surface area (TPSA) is 62.2 Å². The lowest BCUT2D eigenvalue weighted by atomic mass is 9.90. The monoisotopic (exact) mass is 353 g/mol. The van der Waals surface area contributed by atoms with Gasteiger partial charge in [-0.1, -0.05) is 24.3 Å². The predicted molar refractivity (Wildman–Crippen MR) is 101 cm³/mol. The molecule has 0 bridgehead atoms. The average molecular weight is 353 g/mol. The van der Waals surface area contributed by atoms with Crippen molar-refractivity contribution in [2.75, 3.05) is 32.7 Å². The van der Waals surface area contributed by atoms with Crippen LogP contribution in [0.2, 0.25) is 0 Å². The number of fused-ring (bicyclic) bond motifs is 1. The van der Waals surface area contributed by atoms with Crippen LogP contribution in [-0.4, -0.2) is 53.3 Å². The van der Waals surface area contributed by atoms with Gasteiger partial charge in [-0.2, -0.15) is 5.10 Å². The largest absolute Gasteiger partial charge is 0.355 e. The van der Waals surface area contributed by atoms with Crippen LogP contribution in [0, 0.1) is 5.92 Å². The zero-order valence-corrected chi connectivity index (χ0v) is 15.3. The summed E-state index contributed by atoms with van der Waals surface area (Å²) in [6, 6.07) is 8.65. The van der Waals surface area contributed by atoms with Crippen LogP contribution in [-0.2, 0) is 24.8 Å². The summed E-state index contributed by atoms with van der Waals surface area (Å²) in [7, 11) is 1.91. The molecule has 1 fully saturated rings. The number of aryl methyl sites for hydroxylation is 1. The van der Waals surface area contributed by atoms with Crippen LogP contribution in [0.3, 0.4) is 0 Å². The van der Waals surface area contributed by atoms with E-state index in [0.29, 0.717) is 6.54 Å². The molecule has 2 aliphatic heterocycles. The third kappa shape index (κ3) is 3.66. The van der Waals surface area contributed by atoms with Gasteiger partial charge in [-0.3, -0.25) is 14.4 Å². The highest BCUT2D eigenvalue weighted by Crippen LogP contribution is 2.27. The number of nitrogens with zero attached hydrogens (tertiary/aromatic N) is 3. The van der Waals surface area contributed by atoms with E-state index in [1.165, 1.54) is 11.1 Å². The molecule has 26 heavy (non-hydrogen) atoms. The molecule has 0 radical (unpaired) electrons. The average Bonchev–Trinajstić information content (AvgIpc) is 3.30. The van der Waals surface area contributed by atoms with Crippen molar-refractivity contribution in [3.05, 3.63) is 53.3 Å². The van der Waals surface area contributed by atoms with Crippen LogP contribution in [0.4, 0.5) is 0 Å². The second-order valence-electron chi connectivity index (χ2n) is 7.40. The van der Waals surface area contributed by atoms with Crippen molar-refractivity contribution in [3.8, 4) is 0 Å². The quantitative estimate of drug-likeness (QED) is 0.838. The summed E-state index contributed by atoms with van der Waals surface area (Å²) >= 11 is 0. The lowest BCUT2D eigenvalue weighted by molar-refractivity contribution is -0.124. The molecule has 6 heteroatoms. The van der Waals surface area contributed by atoms with Crippen molar-refractivity contribution in [2.45, 2.75) is 18.9 Å². The summed E-state index contributed by atoms with van der Waals surface area (Å²) in [5.41, 5.74) is 4.02. The van der Waals surface area contributed by atoms with Crippen LogP contribution in [0.25, 0.3) is 0 Å². The number of amides is 1. The molecule has 1 aromatic carbocycles. The fourth-order valence-electron chi connectivity index (χ4n) is 4.15. The van der Waals surface area contributed by atoms with E-state index in [1.807, 2.05) is 19.4 Å². The summed E-state index contributed by atoms with van der Waals surface area (Å²) in [5.74, 6) is 0.355. The van der Waals surface area contributed by atoms with Gasteiger partial charge in [0.2, 0.25) is 5.91 Å². The SMILES string of the molecule is Cn1cc([C@H]2CNC[C@@H]2C(=O)NCCN2CCc3ccccc3C2)cn1. The lowest BCUT2D eigenvalue weighted by Gasteiger charge is -2.29. The van der Waals surface area contributed by atoms with Gasteiger partial charge in [0.1, 0.15) is 0 Å². The van der Waals surface area contributed by atoms with Gasteiger partial charge in [0.05, 0.1) is 12.1 Å². The third-order valence-corrected chi connectivity index (χ3v) is 5.64. The highest BCUT2D eigenvalue weighted by molar-refractivity contribution is 5.80. The molecule has 0 spiro atoms. The number of carbonyl (C=O) groups excluding carboxylic acids is 1. The first-order valence-electron chi connectivity index (χ1n) is 9.47. The molecule has 1 amide bonds.